The highest BCUT2D eigenvalue weighted by atomic mass is 19.1. The van der Waals surface area contributed by atoms with E-state index in [-0.39, 0.29) is 6.26 Å². The first-order valence-corrected chi connectivity index (χ1v) is 1.21. The van der Waals surface area contributed by atoms with Crippen LogP contribution in [0.1, 0.15) is 6.92 Å². The topological polar surface area (TPSA) is 19.9 Å². The van der Waals surface area contributed by atoms with Crippen LogP contribution in [0.5, 0.6) is 0 Å². The zero-order valence-electron chi connectivity index (χ0n) is 2.86. The summed E-state index contributed by atoms with van der Waals surface area (Å²) >= 11 is 0. The molecular formula is C3H4FO. The van der Waals surface area contributed by atoms with Gasteiger partial charge in [0.05, 0.1) is 0 Å². The molecule has 0 atom stereocenters. The third kappa shape index (κ3) is 3.47. The first kappa shape index (κ1) is 4.47. The Morgan fingerprint density at radius 2 is 2.20 bits per heavy atom. The molecule has 0 unspecified atom stereocenters. The zero-order valence-corrected chi connectivity index (χ0v) is 2.86. The molecule has 0 aromatic rings. The smallest absolute Gasteiger partial charge is 0.173 e. The molecule has 0 N–H and O–H groups in total. The van der Waals surface area contributed by atoms with Crippen molar-refractivity contribution in [3.05, 3.63) is 12.1 Å². The van der Waals surface area contributed by atoms with E-state index >= 15 is 0 Å². The Kier molecular flexibility index (Phi) is 1.57. The summed E-state index contributed by atoms with van der Waals surface area (Å²) in [5.74, 6) is -0.676. The third-order valence-electron chi connectivity index (χ3n) is 0.162. The summed E-state index contributed by atoms with van der Waals surface area (Å²) in [5.41, 5.74) is 0. The van der Waals surface area contributed by atoms with Crippen LogP contribution in [0.15, 0.2) is 12.1 Å². The predicted molar refractivity (Wildman–Crippen MR) is 15.6 cm³/mol. The maximum Gasteiger partial charge on any atom is 0.173 e. The average Bonchev–Trinajstić information content (AvgIpc) is 1.38. The van der Waals surface area contributed by atoms with Crippen molar-refractivity contribution in [2.24, 2.45) is 0 Å². The van der Waals surface area contributed by atoms with Gasteiger partial charge in [0.25, 0.3) is 0 Å². The molecule has 0 heterocycles. The second kappa shape index (κ2) is 1.76. The molecule has 0 spiro atoms. The summed E-state index contributed by atoms with van der Waals surface area (Å²) in [5, 5.41) is 9.09. The molecule has 1 nitrogen and oxygen atoms in total. The van der Waals surface area contributed by atoms with Gasteiger partial charge in [-0.15, -0.1) is 0 Å². The molecule has 29 valence electrons. The SMILES string of the molecule is C/C(F)=C\[O]. The largest absolute Gasteiger partial charge is 0.296 e. The minimum absolute atomic E-state index is 0.167. The second-order valence-corrected chi connectivity index (χ2v) is 0.705. The molecule has 0 amide bonds. The van der Waals surface area contributed by atoms with Gasteiger partial charge < -0.3 is 0 Å². The van der Waals surface area contributed by atoms with Crippen molar-refractivity contribution < 1.29 is 9.50 Å². The van der Waals surface area contributed by atoms with Gasteiger partial charge in [0.2, 0.25) is 0 Å². The number of hydrogen-bond donors (Lipinski definition) is 0. The fourth-order valence-corrected chi connectivity index (χ4v) is 0. The Hall–Kier alpha value is -0.530. The lowest BCUT2D eigenvalue weighted by atomic mass is 10.7. The van der Waals surface area contributed by atoms with Crippen LogP contribution in [0.4, 0.5) is 4.39 Å². The summed E-state index contributed by atoms with van der Waals surface area (Å²) < 4.78 is 11.0. The summed E-state index contributed by atoms with van der Waals surface area (Å²) in [6, 6.07) is 0. The van der Waals surface area contributed by atoms with Crippen molar-refractivity contribution >= 4 is 0 Å². The van der Waals surface area contributed by atoms with E-state index in [0.29, 0.717) is 0 Å². The maximum absolute atomic E-state index is 11.0. The first-order valence-electron chi connectivity index (χ1n) is 1.21. The Morgan fingerprint density at radius 1 is 2.00 bits per heavy atom. The van der Waals surface area contributed by atoms with Gasteiger partial charge in [0.15, 0.2) is 6.26 Å². The summed E-state index contributed by atoms with van der Waals surface area (Å²) in [4.78, 5) is 0. The van der Waals surface area contributed by atoms with Crippen molar-refractivity contribution in [2.75, 3.05) is 0 Å². The molecule has 1 radical (unpaired) electrons. The van der Waals surface area contributed by atoms with Crippen LogP contribution in [0.2, 0.25) is 0 Å². The van der Waals surface area contributed by atoms with E-state index < -0.39 is 5.83 Å². The quantitative estimate of drug-likeness (QED) is 0.386. The number of rotatable bonds is 0. The normalized spacial score (nSPS) is 12.0. The highest BCUT2D eigenvalue weighted by Crippen LogP contribution is 1.86. The van der Waals surface area contributed by atoms with Gasteiger partial charge in [-0.3, -0.25) is 5.11 Å². The lowest BCUT2D eigenvalue weighted by Crippen LogP contribution is -1.50. The summed E-state index contributed by atoms with van der Waals surface area (Å²) in [6.07, 6.45) is 0.167. The third-order valence-corrected chi connectivity index (χ3v) is 0.162. The average molecular weight is 75.1 g/mol. The van der Waals surface area contributed by atoms with E-state index in [1.54, 1.807) is 0 Å². The number of hydrogen-bond acceptors (Lipinski definition) is 0. The molecule has 0 aliphatic carbocycles. The highest BCUT2D eigenvalue weighted by Gasteiger charge is 1.72. The van der Waals surface area contributed by atoms with Crippen LogP contribution >= 0.6 is 0 Å². The fourth-order valence-electron chi connectivity index (χ4n) is 0. The van der Waals surface area contributed by atoms with Crippen molar-refractivity contribution in [1.29, 1.82) is 0 Å². The van der Waals surface area contributed by atoms with Crippen molar-refractivity contribution in [3.8, 4) is 0 Å². The van der Waals surface area contributed by atoms with Gasteiger partial charge in [-0.1, -0.05) is 0 Å². The molecule has 0 aromatic carbocycles. The zero-order chi connectivity index (χ0) is 4.28. The Bertz CT molecular complexity index is 44.9. The van der Waals surface area contributed by atoms with Crippen LogP contribution in [0.25, 0.3) is 0 Å². The van der Waals surface area contributed by atoms with Crippen LogP contribution in [-0.2, 0) is 5.11 Å². The molecule has 0 aliphatic heterocycles. The molecule has 0 saturated heterocycles. The lowest BCUT2D eigenvalue weighted by Gasteiger charge is -1.64. The molecule has 5 heavy (non-hydrogen) atoms. The minimum Gasteiger partial charge on any atom is -0.296 e. The van der Waals surface area contributed by atoms with Crippen LogP contribution < -0.4 is 0 Å². The molecule has 0 bridgehead atoms. The first-order chi connectivity index (χ1) is 2.27. The van der Waals surface area contributed by atoms with E-state index in [0.717, 1.165) is 6.92 Å². The summed E-state index contributed by atoms with van der Waals surface area (Å²) in [7, 11) is 0. The van der Waals surface area contributed by atoms with Crippen LogP contribution in [0, 0.1) is 0 Å². The number of allylic oxidation sites excluding steroid dienone is 1. The molecule has 0 saturated carbocycles. The Labute approximate surface area is 29.7 Å². The van der Waals surface area contributed by atoms with E-state index in [1.165, 1.54) is 0 Å². The van der Waals surface area contributed by atoms with Gasteiger partial charge in [-0.2, -0.15) is 0 Å². The van der Waals surface area contributed by atoms with Crippen molar-refractivity contribution in [2.45, 2.75) is 6.92 Å². The Balaban J connectivity index is 3.14. The molecule has 2 heteroatoms. The van der Waals surface area contributed by atoms with E-state index in [1.807, 2.05) is 0 Å². The molecule has 0 fully saturated rings. The van der Waals surface area contributed by atoms with Gasteiger partial charge in [-0.05, 0) is 6.92 Å². The molecule has 0 rings (SSSR count). The highest BCUT2D eigenvalue weighted by molar-refractivity contribution is 4.74. The van der Waals surface area contributed by atoms with Crippen molar-refractivity contribution in [1.82, 2.24) is 0 Å². The lowest BCUT2D eigenvalue weighted by molar-refractivity contribution is 0.333. The molecule has 0 aliphatic rings. The van der Waals surface area contributed by atoms with Gasteiger partial charge >= 0.3 is 0 Å². The molecule has 0 aromatic heterocycles. The monoisotopic (exact) mass is 75.0 g/mol. The van der Waals surface area contributed by atoms with E-state index in [2.05, 4.69) is 0 Å². The number of halogens is 1. The van der Waals surface area contributed by atoms with Crippen molar-refractivity contribution in [3.63, 3.8) is 0 Å². The second-order valence-electron chi connectivity index (χ2n) is 0.705. The van der Waals surface area contributed by atoms with E-state index in [9.17, 15) is 4.39 Å². The standard InChI is InChI=1S/C3H4FO/c1-3(4)2-5/h2H,1H3/b3-2+. The van der Waals surface area contributed by atoms with Crippen LogP contribution in [0.3, 0.4) is 0 Å². The van der Waals surface area contributed by atoms with Gasteiger partial charge in [-0.25, -0.2) is 4.39 Å². The van der Waals surface area contributed by atoms with Gasteiger partial charge in [0, 0.05) is 0 Å². The minimum atomic E-state index is -0.676. The van der Waals surface area contributed by atoms with E-state index in [4.69, 9.17) is 5.11 Å². The maximum atomic E-state index is 11.0. The fraction of sp³-hybridized carbons (Fsp3) is 0.333. The van der Waals surface area contributed by atoms with Gasteiger partial charge in [0.1, 0.15) is 5.83 Å². The Morgan fingerprint density at radius 3 is 2.20 bits per heavy atom. The van der Waals surface area contributed by atoms with Crippen LogP contribution in [-0.4, -0.2) is 0 Å². The molecular weight excluding hydrogens is 71.0 g/mol. The predicted octanol–water partition coefficient (Wildman–Crippen LogP) is 1.25. The summed E-state index contributed by atoms with van der Waals surface area (Å²) in [6.45, 7) is 1.10.